The van der Waals surface area contributed by atoms with E-state index in [4.69, 9.17) is 0 Å². The second-order valence-electron chi connectivity index (χ2n) is 7.64. The van der Waals surface area contributed by atoms with Crippen LogP contribution in [0.2, 0.25) is 0 Å². The Balaban J connectivity index is 1.70. The van der Waals surface area contributed by atoms with Gasteiger partial charge in [-0.25, -0.2) is 9.99 Å². The van der Waals surface area contributed by atoms with Crippen LogP contribution in [0.25, 0.3) is 16.6 Å². The molecule has 0 saturated heterocycles. The molecule has 34 heavy (non-hydrogen) atoms. The monoisotopic (exact) mass is 454 g/mol. The van der Waals surface area contributed by atoms with Gasteiger partial charge in [-0.1, -0.05) is 60.7 Å². The van der Waals surface area contributed by atoms with Crippen molar-refractivity contribution < 1.29 is 19.8 Å². The van der Waals surface area contributed by atoms with Gasteiger partial charge in [0.25, 0.3) is 11.5 Å². The Hall–Kier alpha value is -4.76. The molecule has 168 valence electrons. The Morgan fingerprint density at radius 1 is 0.912 bits per heavy atom. The van der Waals surface area contributed by atoms with Crippen LogP contribution >= 0.6 is 0 Å². The van der Waals surface area contributed by atoms with Gasteiger partial charge in [0.2, 0.25) is 5.72 Å². The van der Waals surface area contributed by atoms with Crippen LogP contribution in [-0.4, -0.2) is 37.0 Å². The number of H-pyrrole nitrogens is 1. The zero-order valence-electron chi connectivity index (χ0n) is 17.6. The van der Waals surface area contributed by atoms with Crippen molar-refractivity contribution in [3.8, 4) is 0 Å². The summed E-state index contributed by atoms with van der Waals surface area (Å²) in [5.41, 5.74) is -0.389. The molecule has 4 aromatic rings. The first-order chi connectivity index (χ1) is 16.4. The first-order valence-corrected chi connectivity index (χ1v) is 10.3. The van der Waals surface area contributed by atoms with E-state index >= 15 is 0 Å². The number of fused-ring (bicyclic) bond motifs is 1. The average Bonchev–Trinajstić information content (AvgIpc) is 3.05. The number of aromatic amines is 1. The number of aliphatic hydroxyl groups excluding tert-OH is 1. The molecule has 0 radical (unpaired) electrons. The van der Waals surface area contributed by atoms with E-state index in [0.29, 0.717) is 16.0 Å². The van der Waals surface area contributed by atoms with Crippen LogP contribution in [-0.2, 0) is 10.5 Å². The normalized spacial score (nSPS) is 17.9. The Bertz CT molecular complexity index is 1510. The number of para-hydroxylation sites is 2. The van der Waals surface area contributed by atoms with Crippen molar-refractivity contribution in [1.29, 1.82) is 0 Å². The number of rotatable bonds is 4. The van der Waals surface area contributed by atoms with Crippen molar-refractivity contribution in [1.82, 2.24) is 20.4 Å². The summed E-state index contributed by atoms with van der Waals surface area (Å²) in [5, 5.41) is 23.4. The molecule has 0 saturated carbocycles. The number of nitrogens with zero attached hydrogens (tertiary/aromatic N) is 2. The molecule has 1 unspecified atom stereocenters. The molecule has 1 aromatic heterocycles. The van der Waals surface area contributed by atoms with Crippen molar-refractivity contribution >= 4 is 28.4 Å². The summed E-state index contributed by atoms with van der Waals surface area (Å²) in [6.07, 6.45) is 0. The molecule has 1 aliphatic rings. The Labute approximate surface area is 192 Å². The van der Waals surface area contributed by atoms with Gasteiger partial charge in [-0.15, -0.1) is 0 Å². The summed E-state index contributed by atoms with van der Waals surface area (Å²) in [7, 11) is 0. The summed E-state index contributed by atoms with van der Waals surface area (Å²) in [5.74, 6) is -2.70. The molecule has 9 nitrogen and oxygen atoms in total. The first kappa shape index (κ1) is 21.1. The summed E-state index contributed by atoms with van der Waals surface area (Å²) in [6, 6.07) is 22.7. The van der Waals surface area contributed by atoms with Gasteiger partial charge < -0.3 is 15.2 Å². The highest BCUT2D eigenvalue weighted by Crippen LogP contribution is 2.44. The SMILES string of the molecule is O=C(NN1C(=O)C(O)=C(c2nc3ccccc3[nH]c2=O)C1(O)c1ccccc1)c1ccccc1. The molecule has 0 spiro atoms. The number of amides is 2. The molecule has 1 aliphatic heterocycles. The van der Waals surface area contributed by atoms with Crippen molar-refractivity contribution in [3.05, 3.63) is 118 Å². The number of aromatic nitrogens is 2. The smallest absolute Gasteiger partial charge is 0.310 e. The Morgan fingerprint density at radius 2 is 1.53 bits per heavy atom. The summed E-state index contributed by atoms with van der Waals surface area (Å²) in [4.78, 5) is 45.9. The highest BCUT2D eigenvalue weighted by molar-refractivity contribution is 6.07. The maximum atomic E-state index is 13.1. The van der Waals surface area contributed by atoms with Crippen LogP contribution in [0.15, 0.2) is 95.5 Å². The minimum absolute atomic E-state index is 0.130. The molecule has 5 rings (SSSR count). The van der Waals surface area contributed by atoms with Gasteiger partial charge in [-0.3, -0.25) is 19.8 Å². The molecule has 4 N–H and O–H groups in total. The van der Waals surface area contributed by atoms with Crippen LogP contribution < -0.4 is 11.0 Å². The van der Waals surface area contributed by atoms with E-state index in [0.717, 1.165) is 0 Å². The third kappa shape index (κ3) is 3.23. The van der Waals surface area contributed by atoms with E-state index < -0.39 is 34.4 Å². The van der Waals surface area contributed by atoms with E-state index in [1.165, 1.54) is 24.3 Å². The van der Waals surface area contributed by atoms with Crippen LogP contribution in [0.4, 0.5) is 0 Å². The number of nitrogens with one attached hydrogen (secondary N) is 2. The molecule has 0 fully saturated rings. The summed E-state index contributed by atoms with van der Waals surface area (Å²) in [6.45, 7) is 0. The molecule has 2 heterocycles. The zero-order chi connectivity index (χ0) is 23.9. The molecule has 2 amide bonds. The second kappa shape index (κ2) is 7.98. The van der Waals surface area contributed by atoms with E-state index in [1.54, 1.807) is 60.7 Å². The highest BCUT2D eigenvalue weighted by Gasteiger charge is 2.55. The molecule has 1 atom stereocenters. The molecule has 3 aromatic carbocycles. The van der Waals surface area contributed by atoms with Crippen LogP contribution in [0.1, 0.15) is 21.6 Å². The van der Waals surface area contributed by atoms with E-state index in [2.05, 4.69) is 15.4 Å². The number of benzene rings is 3. The number of hydrogen-bond acceptors (Lipinski definition) is 6. The van der Waals surface area contributed by atoms with Crippen molar-refractivity contribution in [3.63, 3.8) is 0 Å². The standard InChI is InChI=1S/C25H18N4O5/c30-21-19(20-23(32)27-18-14-8-7-13-17(18)26-20)25(34,16-11-5-2-6-12-16)29(24(21)33)28-22(31)15-9-3-1-4-10-15/h1-14,30,34H,(H,27,32)(H,28,31). The first-order valence-electron chi connectivity index (χ1n) is 10.3. The minimum Gasteiger partial charge on any atom is -0.503 e. The van der Waals surface area contributed by atoms with Crippen molar-refractivity contribution in [2.75, 3.05) is 0 Å². The number of carbonyl (C=O) groups excluding carboxylic acids is 2. The van der Waals surface area contributed by atoms with Gasteiger partial charge in [0.15, 0.2) is 5.76 Å². The fraction of sp³-hybridized carbons (Fsp3) is 0.0400. The van der Waals surface area contributed by atoms with Gasteiger partial charge in [-0.05, 0) is 24.3 Å². The van der Waals surface area contributed by atoms with Gasteiger partial charge >= 0.3 is 5.91 Å². The number of aliphatic hydroxyl groups is 2. The lowest BCUT2D eigenvalue weighted by Crippen LogP contribution is -2.55. The number of hydrogen-bond donors (Lipinski definition) is 4. The lowest BCUT2D eigenvalue weighted by molar-refractivity contribution is -0.150. The number of carbonyl (C=O) groups is 2. The number of hydrazine groups is 1. The predicted octanol–water partition coefficient (Wildman–Crippen LogP) is 2.22. The fourth-order valence-corrected chi connectivity index (χ4v) is 3.94. The fourth-order valence-electron chi connectivity index (χ4n) is 3.94. The summed E-state index contributed by atoms with van der Waals surface area (Å²) < 4.78 is 0. The predicted molar refractivity (Wildman–Crippen MR) is 123 cm³/mol. The highest BCUT2D eigenvalue weighted by atomic mass is 16.3. The molecule has 9 heteroatoms. The van der Waals surface area contributed by atoms with Crippen LogP contribution in [0.3, 0.4) is 0 Å². The maximum absolute atomic E-state index is 13.1. The van der Waals surface area contributed by atoms with Gasteiger partial charge in [-0.2, -0.15) is 0 Å². The summed E-state index contributed by atoms with van der Waals surface area (Å²) >= 11 is 0. The lowest BCUT2D eigenvalue weighted by Gasteiger charge is -2.35. The van der Waals surface area contributed by atoms with Crippen LogP contribution in [0.5, 0.6) is 0 Å². The largest absolute Gasteiger partial charge is 0.503 e. The Kier molecular flexibility index (Phi) is 4.95. The minimum atomic E-state index is -2.42. The lowest BCUT2D eigenvalue weighted by atomic mass is 9.93. The van der Waals surface area contributed by atoms with Gasteiger partial charge in [0.05, 0.1) is 16.6 Å². The third-order valence-corrected chi connectivity index (χ3v) is 5.58. The average molecular weight is 454 g/mol. The Morgan fingerprint density at radius 3 is 2.24 bits per heavy atom. The molecular formula is C25H18N4O5. The van der Waals surface area contributed by atoms with E-state index in [9.17, 15) is 24.6 Å². The van der Waals surface area contributed by atoms with Gasteiger partial charge in [0.1, 0.15) is 5.69 Å². The van der Waals surface area contributed by atoms with Crippen LogP contribution in [0, 0.1) is 0 Å². The molecular weight excluding hydrogens is 436 g/mol. The van der Waals surface area contributed by atoms with E-state index in [1.807, 2.05) is 0 Å². The zero-order valence-corrected chi connectivity index (χ0v) is 17.6. The van der Waals surface area contributed by atoms with Gasteiger partial charge in [0, 0.05) is 11.1 Å². The molecule has 0 bridgehead atoms. The molecule has 0 aliphatic carbocycles. The van der Waals surface area contributed by atoms with E-state index in [-0.39, 0.29) is 16.8 Å². The van der Waals surface area contributed by atoms with Crippen molar-refractivity contribution in [2.24, 2.45) is 0 Å². The second-order valence-corrected chi connectivity index (χ2v) is 7.64. The van der Waals surface area contributed by atoms with Crippen molar-refractivity contribution in [2.45, 2.75) is 5.72 Å². The third-order valence-electron chi connectivity index (χ3n) is 5.58. The topological polar surface area (TPSA) is 136 Å². The maximum Gasteiger partial charge on any atom is 0.310 e. The quantitative estimate of drug-likeness (QED) is 0.373.